The van der Waals surface area contributed by atoms with Gasteiger partial charge in [0.1, 0.15) is 0 Å². The van der Waals surface area contributed by atoms with Crippen LogP contribution in [0.15, 0.2) is 18.2 Å². The molecule has 1 aromatic carbocycles. The van der Waals surface area contributed by atoms with Crippen molar-refractivity contribution in [1.29, 1.82) is 0 Å². The van der Waals surface area contributed by atoms with E-state index < -0.39 is 17.3 Å². The van der Waals surface area contributed by atoms with Gasteiger partial charge in [0.25, 0.3) is 11.7 Å². The highest BCUT2D eigenvalue weighted by atomic mass is 16.3. The van der Waals surface area contributed by atoms with Crippen molar-refractivity contribution in [2.45, 2.75) is 31.8 Å². The molecule has 2 N–H and O–H groups in total. The van der Waals surface area contributed by atoms with Crippen LogP contribution in [0, 0.1) is 0 Å². The Morgan fingerprint density at radius 3 is 2.85 bits per heavy atom. The molecule has 1 amide bonds. The first-order chi connectivity index (χ1) is 9.46. The van der Waals surface area contributed by atoms with Gasteiger partial charge in [0.2, 0.25) is 0 Å². The van der Waals surface area contributed by atoms with Crippen molar-refractivity contribution in [3.63, 3.8) is 0 Å². The average Bonchev–Trinajstić information content (AvgIpc) is 2.57. The lowest BCUT2D eigenvalue weighted by Gasteiger charge is -2.24. The Labute approximate surface area is 117 Å². The Morgan fingerprint density at radius 2 is 2.05 bits per heavy atom. The van der Waals surface area contributed by atoms with Gasteiger partial charge in [0.05, 0.1) is 16.9 Å². The molecule has 0 aromatic heterocycles. The third kappa shape index (κ3) is 2.29. The summed E-state index contributed by atoms with van der Waals surface area (Å²) in [6, 6.07) is 5.42. The monoisotopic (exact) mass is 274 g/mol. The second-order valence-corrected chi connectivity index (χ2v) is 5.85. The molecule has 0 aliphatic carbocycles. The second-order valence-electron chi connectivity index (χ2n) is 5.85. The molecule has 0 radical (unpaired) electrons. The van der Waals surface area contributed by atoms with E-state index in [0.29, 0.717) is 11.3 Å². The molecule has 5 nitrogen and oxygen atoms in total. The number of Topliss-reactive ketones (excluding diaryl/α,β-unsaturated/α-hetero) is 1. The summed E-state index contributed by atoms with van der Waals surface area (Å²) >= 11 is 0. The van der Waals surface area contributed by atoms with Gasteiger partial charge in [0.15, 0.2) is 0 Å². The maximum Gasteiger partial charge on any atom is 0.296 e. The minimum atomic E-state index is -0.602. The van der Waals surface area contributed by atoms with E-state index in [-0.39, 0.29) is 0 Å². The first-order valence-electron chi connectivity index (χ1n) is 6.93. The zero-order valence-electron chi connectivity index (χ0n) is 11.5. The molecule has 1 aromatic rings. The number of hydrogen-bond donors (Lipinski definition) is 2. The molecule has 1 unspecified atom stereocenters. The number of carbonyl (C=O) groups excluding carboxylic acids is 2. The molecule has 1 atom stereocenters. The first kappa shape index (κ1) is 13.1. The number of amides is 1. The van der Waals surface area contributed by atoms with Crippen LogP contribution in [-0.4, -0.2) is 35.5 Å². The van der Waals surface area contributed by atoms with Crippen LogP contribution in [0.5, 0.6) is 0 Å². The Balaban J connectivity index is 1.84. The number of nitrogens with one attached hydrogen (secondary N) is 1. The molecule has 106 valence electrons. The minimum absolute atomic E-state index is 0.445. The quantitative estimate of drug-likeness (QED) is 0.763. The van der Waals surface area contributed by atoms with Gasteiger partial charge in [-0.1, -0.05) is 0 Å². The molecule has 20 heavy (non-hydrogen) atoms. The van der Waals surface area contributed by atoms with Gasteiger partial charge in [-0.05, 0) is 44.4 Å². The SMILES string of the molecule is CC1(O)CCCN(c2ccc3c(c2)NC(=O)C3=O)CC1. The summed E-state index contributed by atoms with van der Waals surface area (Å²) in [7, 11) is 0. The zero-order valence-corrected chi connectivity index (χ0v) is 11.5. The molecule has 1 fully saturated rings. The van der Waals surface area contributed by atoms with Gasteiger partial charge in [-0.15, -0.1) is 0 Å². The Hall–Kier alpha value is -1.88. The van der Waals surface area contributed by atoms with Gasteiger partial charge in [0, 0.05) is 18.8 Å². The maximum atomic E-state index is 11.6. The lowest BCUT2D eigenvalue weighted by atomic mass is 9.98. The number of hydrogen-bond acceptors (Lipinski definition) is 4. The molecule has 2 aliphatic heterocycles. The van der Waals surface area contributed by atoms with Crippen molar-refractivity contribution in [3.05, 3.63) is 23.8 Å². The number of ketones is 1. The maximum absolute atomic E-state index is 11.6. The number of nitrogens with zero attached hydrogens (tertiary/aromatic N) is 1. The molecule has 1 saturated heterocycles. The summed E-state index contributed by atoms with van der Waals surface area (Å²) in [5.41, 5.74) is 1.42. The fraction of sp³-hybridized carbons (Fsp3) is 0.467. The van der Waals surface area contributed by atoms with E-state index >= 15 is 0 Å². The lowest BCUT2D eigenvalue weighted by Crippen LogP contribution is -2.28. The van der Waals surface area contributed by atoms with Crippen LogP contribution in [0.4, 0.5) is 11.4 Å². The molecule has 2 heterocycles. The smallest absolute Gasteiger partial charge is 0.296 e. The van der Waals surface area contributed by atoms with Crippen LogP contribution in [0.2, 0.25) is 0 Å². The van der Waals surface area contributed by atoms with E-state index in [0.717, 1.165) is 38.0 Å². The largest absolute Gasteiger partial charge is 0.390 e. The highest BCUT2D eigenvalue weighted by molar-refractivity contribution is 6.51. The highest BCUT2D eigenvalue weighted by Crippen LogP contribution is 2.30. The average molecular weight is 274 g/mol. The molecule has 3 rings (SSSR count). The summed E-state index contributed by atoms with van der Waals surface area (Å²) < 4.78 is 0. The van der Waals surface area contributed by atoms with Crippen LogP contribution < -0.4 is 10.2 Å². The molecule has 2 aliphatic rings. The predicted octanol–water partition coefficient (Wildman–Crippen LogP) is 1.56. The Kier molecular flexibility index (Phi) is 3.01. The van der Waals surface area contributed by atoms with E-state index in [4.69, 9.17) is 0 Å². The lowest BCUT2D eigenvalue weighted by molar-refractivity contribution is -0.112. The highest BCUT2D eigenvalue weighted by Gasteiger charge is 2.29. The number of rotatable bonds is 1. The van der Waals surface area contributed by atoms with Gasteiger partial charge in [-0.2, -0.15) is 0 Å². The summed E-state index contributed by atoms with van der Waals surface area (Å²) in [6.07, 6.45) is 2.44. The normalized spacial score (nSPS) is 26.2. The number of aliphatic hydroxyl groups is 1. The topological polar surface area (TPSA) is 69.6 Å². The zero-order chi connectivity index (χ0) is 14.3. The van der Waals surface area contributed by atoms with Crippen molar-refractivity contribution >= 4 is 23.1 Å². The van der Waals surface area contributed by atoms with E-state index in [1.807, 2.05) is 19.1 Å². The van der Waals surface area contributed by atoms with Gasteiger partial charge in [-0.3, -0.25) is 9.59 Å². The van der Waals surface area contributed by atoms with Crippen LogP contribution >= 0.6 is 0 Å². The van der Waals surface area contributed by atoms with Crippen molar-refractivity contribution < 1.29 is 14.7 Å². The van der Waals surface area contributed by atoms with E-state index in [2.05, 4.69) is 10.2 Å². The van der Waals surface area contributed by atoms with Gasteiger partial charge >= 0.3 is 0 Å². The van der Waals surface area contributed by atoms with Crippen LogP contribution in [0.1, 0.15) is 36.5 Å². The molecular formula is C15H18N2O3. The number of carbonyl (C=O) groups is 2. The number of benzene rings is 1. The standard InChI is InChI=1S/C15H18N2O3/c1-15(20)5-2-7-17(8-6-15)10-3-4-11-12(9-10)16-14(19)13(11)18/h3-4,9,20H,2,5-8H2,1H3,(H,16,18,19). The predicted molar refractivity (Wildman–Crippen MR) is 76.1 cm³/mol. The molecule has 5 heteroatoms. The molecular weight excluding hydrogens is 256 g/mol. The number of fused-ring (bicyclic) bond motifs is 1. The van der Waals surface area contributed by atoms with Crippen molar-refractivity contribution in [3.8, 4) is 0 Å². The van der Waals surface area contributed by atoms with Crippen LogP contribution in [-0.2, 0) is 4.79 Å². The second kappa shape index (κ2) is 4.59. The van der Waals surface area contributed by atoms with Crippen LogP contribution in [0.3, 0.4) is 0 Å². The number of anilines is 2. The van der Waals surface area contributed by atoms with Gasteiger partial charge < -0.3 is 15.3 Å². The van der Waals surface area contributed by atoms with E-state index in [9.17, 15) is 14.7 Å². The fourth-order valence-electron chi connectivity index (χ4n) is 2.85. The van der Waals surface area contributed by atoms with Crippen molar-refractivity contribution in [1.82, 2.24) is 0 Å². The fourth-order valence-corrected chi connectivity index (χ4v) is 2.85. The Morgan fingerprint density at radius 1 is 1.25 bits per heavy atom. The first-order valence-corrected chi connectivity index (χ1v) is 6.93. The summed E-state index contributed by atoms with van der Waals surface area (Å²) in [5, 5.41) is 12.7. The molecule has 0 spiro atoms. The van der Waals surface area contributed by atoms with E-state index in [1.165, 1.54) is 0 Å². The molecule has 0 saturated carbocycles. The van der Waals surface area contributed by atoms with Crippen molar-refractivity contribution in [2.75, 3.05) is 23.3 Å². The third-order valence-corrected chi connectivity index (χ3v) is 4.13. The van der Waals surface area contributed by atoms with E-state index in [1.54, 1.807) is 6.07 Å². The Bertz CT molecular complexity index is 580. The van der Waals surface area contributed by atoms with Crippen LogP contribution in [0.25, 0.3) is 0 Å². The summed E-state index contributed by atoms with van der Waals surface area (Å²) in [5.74, 6) is -1.03. The minimum Gasteiger partial charge on any atom is -0.390 e. The van der Waals surface area contributed by atoms with Gasteiger partial charge in [-0.25, -0.2) is 0 Å². The summed E-state index contributed by atoms with van der Waals surface area (Å²) in [6.45, 7) is 3.52. The third-order valence-electron chi connectivity index (χ3n) is 4.13. The van der Waals surface area contributed by atoms with Crippen molar-refractivity contribution in [2.24, 2.45) is 0 Å². The summed E-state index contributed by atoms with van der Waals surface area (Å²) in [4.78, 5) is 25.1. The molecule has 0 bridgehead atoms.